The van der Waals surface area contributed by atoms with Gasteiger partial charge in [-0.05, 0) is 24.3 Å². The molecule has 0 saturated heterocycles. The van der Waals surface area contributed by atoms with Crippen molar-refractivity contribution in [3.8, 4) is 0 Å². The fourth-order valence-corrected chi connectivity index (χ4v) is 2.01. The van der Waals surface area contributed by atoms with Gasteiger partial charge in [-0.2, -0.15) is 0 Å². The largest absolute Gasteiger partial charge is 0.421 e. The molecule has 0 aliphatic carbocycles. The van der Waals surface area contributed by atoms with Crippen molar-refractivity contribution >= 4 is 17.3 Å². The minimum atomic E-state index is 0.813. The third kappa shape index (κ3) is 4.39. The molecule has 3 N–H and O–H groups in total. The Kier molecular flexibility index (Phi) is 5.45. The zero-order valence-electron chi connectivity index (χ0n) is 13.0. The zero-order valence-corrected chi connectivity index (χ0v) is 13.0. The molecule has 0 spiro atoms. The van der Waals surface area contributed by atoms with Gasteiger partial charge in [0.15, 0.2) is 0 Å². The van der Waals surface area contributed by atoms with Crippen LogP contribution in [0.15, 0.2) is 46.9 Å². The lowest BCUT2D eigenvalue weighted by atomic mass is 10.3. The first kappa shape index (κ1) is 15.2. The van der Waals surface area contributed by atoms with Crippen LogP contribution in [-0.4, -0.2) is 24.7 Å². The van der Waals surface area contributed by atoms with Gasteiger partial charge in [0.25, 0.3) is 0 Å². The van der Waals surface area contributed by atoms with Gasteiger partial charge in [-0.3, -0.25) is 0 Å². The minimum Gasteiger partial charge on any atom is -0.385 e. The topological polar surface area (TPSA) is 62.2 Å². The fourth-order valence-electron chi connectivity index (χ4n) is 2.01. The number of aryl methyl sites for hydroxylation is 2. The van der Waals surface area contributed by atoms with E-state index in [2.05, 4.69) is 27.9 Å². The lowest BCUT2D eigenvalue weighted by Gasteiger charge is -2.04. The van der Waals surface area contributed by atoms with Crippen molar-refractivity contribution < 1.29 is 9.88 Å². The lowest BCUT2D eigenvalue weighted by molar-refractivity contribution is -0.657. The van der Waals surface area contributed by atoms with Crippen molar-refractivity contribution in [2.45, 2.75) is 6.42 Å². The van der Waals surface area contributed by atoms with E-state index in [1.165, 1.54) is 0 Å². The second-order valence-electron chi connectivity index (χ2n) is 5.04. The van der Waals surface area contributed by atoms with Gasteiger partial charge in [0, 0.05) is 23.8 Å². The molecule has 0 saturated carbocycles. The number of nitrogens with two attached hydrogens (primary N) is 1. The molecule has 112 valence electrons. The van der Waals surface area contributed by atoms with E-state index < -0.39 is 0 Å². The molecular weight excluding hydrogens is 264 g/mol. The van der Waals surface area contributed by atoms with E-state index in [-0.39, 0.29) is 0 Å². The molecule has 2 rings (SSSR count). The highest BCUT2D eigenvalue weighted by atomic mass is 15.3. The molecule has 0 unspecified atom stereocenters. The number of benzene rings is 1. The number of rotatable bonds is 7. The first-order chi connectivity index (χ1) is 10.2. The Morgan fingerprint density at radius 3 is 2.62 bits per heavy atom. The second-order valence-corrected chi connectivity index (χ2v) is 5.04. The number of imidazole rings is 1. The molecule has 2 aromatic rings. The van der Waals surface area contributed by atoms with E-state index in [4.69, 9.17) is 0 Å². The number of quaternary nitrogens is 1. The quantitative estimate of drug-likeness (QED) is 0.450. The lowest BCUT2D eigenvalue weighted by Crippen LogP contribution is -2.79. The van der Waals surface area contributed by atoms with E-state index in [1.807, 2.05) is 59.9 Å². The molecule has 1 aromatic carbocycles. The highest BCUT2D eigenvalue weighted by Gasteiger charge is 2.09. The molecule has 0 aliphatic heterocycles. The number of hydrogen-bond donors (Lipinski definition) is 2. The summed E-state index contributed by atoms with van der Waals surface area (Å²) in [5.41, 5.74) is 1.97. The molecule has 21 heavy (non-hydrogen) atoms. The zero-order chi connectivity index (χ0) is 15.1. The maximum Gasteiger partial charge on any atom is 0.421 e. The van der Waals surface area contributed by atoms with Gasteiger partial charge in [-0.25, -0.2) is 9.13 Å². The smallest absolute Gasteiger partial charge is 0.385 e. The van der Waals surface area contributed by atoms with E-state index >= 15 is 0 Å². The maximum atomic E-state index is 4.28. The molecular formula is C15H24N6+2. The molecule has 6 nitrogen and oxygen atoms in total. The molecule has 0 amide bonds. The predicted molar refractivity (Wildman–Crippen MR) is 83.0 cm³/mol. The average molecular weight is 288 g/mol. The molecule has 0 aliphatic rings. The molecule has 0 bridgehead atoms. The van der Waals surface area contributed by atoms with Crippen LogP contribution in [0.25, 0.3) is 0 Å². The fraction of sp³-hybridized carbons (Fsp3) is 0.400. The van der Waals surface area contributed by atoms with Crippen molar-refractivity contribution in [3.63, 3.8) is 0 Å². The summed E-state index contributed by atoms with van der Waals surface area (Å²) >= 11 is 0. The Morgan fingerprint density at radius 2 is 2.00 bits per heavy atom. The Labute approximate surface area is 125 Å². The molecule has 1 heterocycles. The van der Waals surface area contributed by atoms with Crippen molar-refractivity contribution in [3.05, 3.63) is 36.7 Å². The monoisotopic (exact) mass is 288 g/mol. The first-order valence-corrected chi connectivity index (χ1v) is 7.25. The third-order valence-corrected chi connectivity index (χ3v) is 3.27. The van der Waals surface area contributed by atoms with Crippen LogP contribution in [0.1, 0.15) is 6.42 Å². The summed E-state index contributed by atoms with van der Waals surface area (Å²) in [5.74, 6) is 0.813. The minimum absolute atomic E-state index is 0.813. The summed E-state index contributed by atoms with van der Waals surface area (Å²) in [6.07, 6.45) is 5.06. The number of nitrogens with one attached hydrogen (secondary N) is 1. The van der Waals surface area contributed by atoms with Crippen LogP contribution in [0.2, 0.25) is 0 Å². The van der Waals surface area contributed by atoms with Gasteiger partial charge >= 0.3 is 5.95 Å². The average Bonchev–Trinajstić information content (AvgIpc) is 2.82. The Hall–Kier alpha value is -2.21. The molecule has 0 fully saturated rings. The normalized spacial score (nSPS) is 11.2. The van der Waals surface area contributed by atoms with Crippen LogP contribution in [-0.2, 0) is 14.1 Å². The SMILES string of the molecule is C[NH2+]CCCNc1ccc(N=Nc2n(C)cc[n+]2C)cc1. The van der Waals surface area contributed by atoms with E-state index in [9.17, 15) is 0 Å². The van der Waals surface area contributed by atoms with Gasteiger partial charge in [0.1, 0.15) is 5.69 Å². The number of anilines is 1. The van der Waals surface area contributed by atoms with Gasteiger partial charge in [-0.1, -0.05) is 5.11 Å². The Morgan fingerprint density at radius 1 is 1.24 bits per heavy atom. The highest BCUT2D eigenvalue weighted by Crippen LogP contribution is 2.18. The third-order valence-electron chi connectivity index (χ3n) is 3.27. The van der Waals surface area contributed by atoms with Gasteiger partial charge in [-0.15, -0.1) is 0 Å². The van der Waals surface area contributed by atoms with Crippen molar-refractivity contribution in [1.82, 2.24) is 4.57 Å². The summed E-state index contributed by atoms with van der Waals surface area (Å²) in [6, 6.07) is 8.02. The first-order valence-electron chi connectivity index (χ1n) is 7.25. The summed E-state index contributed by atoms with van der Waals surface area (Å²) in [5, 5.41) is 14.1. The van der Waals surface area contributed by atoms with Crippen molar-refractivity contribution in [2.75, 3.05) is 25.5 Å². The predicted octanol–water partition coefficient (Wildman–Crippen LogP) is 1.26. The standard InChI is InChI=1S/C15H22N6/c1-16-9-4-10-17-13-5-7-14(8-6-13)18-19-15-20(2)11-12-21(15)3/h5-8,11-12,16H,4,9-10H2,1-3H3/p+2. The number of hydrogen-bond acceptors (Lipinski definition) is 3. The Balaban J connectivity index is 1.93. The van der Waals surface area contributed by atoms with Crippen LogP contribution in [0.4, 0.5) is 17.3 Å². The van der Waals surface area contributed by atoms with E-state index in [0.717, 1.165) is 36.8 Å². The van der Waals surface area contributed by atoms with E-state index in [1.54, 1.807) is 0 Å². The maximum absolute atomic E-state index is 4.28. The van der Waals surface area contributed by atoms with Crippen molar-refractivity contribution in [2.24, 2.45) is 24.3 Å². The molecule has 6 heteroatoms. The molecule has 0 atom stereocenters. The Bertz CT molecular complexity index is 565. The number of azo groups is 1. The van der Waals surface area contributed by atoms with Crippen LogP contribution < -0.4 is 15.2 Å². The molecule has 1 aromatic heterocycles. The van der Waals surface area contributed by atoms with Crippen molar-refractivity contribution in [1.29, 1.82) is 0 Å². The highest BCUT2D eigenvalue weighted by molar-refractivity contribution is 5.50. The van der Waals surface area contributed by atoms with Crippen LogP contribution >= 0.6 is 0 Å². The summed E-state index contributed by atoms with van der Waals surface area (Å²) in [4.78, 5) is 0. The summed E-state index contributed by atoms with van der Waals surface area (Å²) < 4.78 is 3.87. The number of aromatic nitrogens is 2. The van der Waals surface area contributed by atoms with Crippen LogP contribution in [0.3, 0.4) is 0 Å². The van der Waals surface area contributed by atoms with Gasteiger partial charge < -0.3 is 10.6 Å². The molecule has 0 radical (unpaired) electrons. The van der Waals surface area contributed by atoms with Gasteiger partial charge in [0.05, 0.1) is 40.1 Å². The second kappa shape index (κ2) is 7.54. The number of nitrogens with zero attached hydrogens (tertiary/aromatic N) is 4. The van der Waals surface area contributed by atoms with Gasteiger partial charge in [0.2, 0.25) is 0 Å². The van der Waals surface area contributed by atoms with Crippen LogP contribution in [0, 0.1) is 0 Å². The van der Waals surface area contributed by atoms with Crippen LogP contribution in [0.5, 0.6) is 0 Å². The summed E-state index contributed by atoms with van der Waals surface area (Å²) in [6.45, 7) is 2.14. The summed E-state index contributed by atoms with van der Waals surface area (Å²) in [7, 11) is 6.00. The van der Waals surface area contributed by atoms with E-state index in [0.29, 0.717) is 0 Å².